The summed E-state index contributed by atoms with van der Waals surface area (Å²) in [4.78, 5) is 58.3. The van der Waals surface area contributed by atoms with Gasteiger partial charge in [-0.25, -0.2) is 4.79 Å². The number of carboxylic acid groups (broad SMARTS) is 2. The van der Waals surface area contributed by atoms with Crippen molar-refractivity contribution in [3.05, 3.63) is 0 Å². The van der Waals surface area contributed by atoms with Crippen LogP contribution < -0.4 is 21.7 Å². The monoisotopic (exact) mass is 434 g/mol. The molecule has 0 aromatic carbocycles. The summed E-state index contributed by atoms with van der Waals surface area (Å²) < 4.78 is 0. The van der Waals surface area contributed by atoms with Crippen molar-refractivity contribution >= 4 is 41.4 Å². The number of rotatable bonds is 14. The van der Waals surface area contributed by atoms with Gasteiger partial charge in [-0.1, -0.05) is 13.8 Å². The lowest BCUT2D eigenvalue weighted by Crippen LogP contribution is -2.54. The van der Waals surface area contributed by atoms with Gasteiger partial charge in [-0.2, -0.15) is 11.8 Å². The van der Waals surface area contributed by atoms with Gasteiger partial charge >= 0.3 is 11.9 Å². The van der Waals surface area contributed by atoms with Crippen LogP contribution in [0.2, 0.25) is 0 Å². The lowest BCUT2D eigenvalue weighted by Gasteiger charge is -2.21. The van der Waals surface area contributed by atoms with Gasteiger partial charge in [0.25, 0.3) is 0 Å². The Hall–Kier alpha value is -2.34. The molecule has 0 aliphatic rings. The average Bonchev–Trinajstić information content (AvgIpc) is 2.64. The van der Waals surface area contributed by atoms with E-state index in [0.29, 0.717) is 12.2 Å². The minimum absolute atomic E-state index is 0.187. The number of carbonyl (C=O) groups excluding carboxylic acids is 3. The second-order valence-corrected chi connectivity index (χ2v) is 7.71. The van der Waals surface area contributed by atoms with Crippen molar-refractivity contribution in [1.82, 2.24) is 16.0 Å². The molecule has 0 aliphatic heterocycles. The Morgan fingerprint density at radius 3 is 2.10 bits per heavy atom. The predicted molar refractivity (Wildman–Crippen MR) is 107 cm³/mol. The average molecular weight is 435 g/mol. The quantitative estimate of drug-likeness (QED) is 0.194. The zero-order valence-corrected chi connectivity index (χ0v) is 17.6. The summed E-state index contributed by atoms with van der Waals surface area (Å²) in [6.07, 6.45) is 1.67. The first-order valence-electron chi connectivity index (χ1n) is 9.06. The molecule has 3 atom stereocenters. The molecule has 0 saturated carbocycles. The van der Waals surface area contributed by atoms with Crippen molar-refractivity contribution in [2.75, 3.05) is 18.6 Å². The zero-order chi connectivity index (χ0) is 22.6. The summed E-state index contributed by atoms with van der Waals surface area (Å²) in [5, 5.41) is 24.9. The van der Waals surface area contributed by atoms with Crippen molar-refractivity contribution in [2.24, 2.45) is 11.7 Å². The van der Waals surface area contributed by atoms with Crippen LogP contribution in [0.1, 0.15) is 33.1 Å². The number of aliphatic carboxylic acids is 2. The SMILES string of the molecule is CSCCC(N)C(=O)NC(CCC(=O)O)C(=O)NCC(=O)NC(C(=O)O)C(C)C. The highest BCUT2D eigenvalue weighted by Gasteiger charge is 2.26. The Morgan fingerprint density at radius 2 is 1.62 bits per heavy atom. The lowest BCUT2D eigenvalue weighted by atomic mass is 10.0. The number of carbonyl (C=O) groups is 5. The summed E-state index contributed by atoms with van der Waals surface area (Å²) in [6.45, 7) is 2.72. The van der Waals surface area contributed by atoms with E-state index in [1.54, 1.807) is 13.8 Å². The molecule has 3 unspecified atom stereocenters. The van der Waals surface area contributed by atoms with Gasteiger partial charge < -0.3 is 31.9 Å². The smallest absolute Gasteiger partial charge is 0.326 e. The van der Waals surface area contributed by atoms with Crippen LogP contribution in [0.25, 0.3) is 0 Å². The summed E-state index contributed by atoms with van der Waals surface area (Å²) in [7, 11) is 0. The molecule has 0 aliphatic carbocycles. The van der Waals surface area contributed by atoms with E-state index in [2.05, 4.69) is 16.0 Å². The Labute approximate surface area is 173 Å². The van der Waals surface area contributed by atoms with Gasteiger partial charge in [0, 0.05) is 6.42 Å². The minimum Gasteiger partial charge on any atom is -0.481 e. The van der Waals surface area contributed by atoms with Crippen LogP contribution >= 0.6 is 11.8 Å². The van der Waals surface area contributed by atoms with Crippen LogP contribution in [-0.2, 0) is 24.0 Å². The first-order chi connectivity index (χ1) is 13.5. The Balaban J connectivity index is 4.86. The maximum absolute atomic E-state index is 12.3. The molecule has 0 aromatic rings. The van der Waals surface area contributed by atoms with Crippen molar-refractivity contribution in [1.29, 1.82) is 0 Å². The number of carboxylic acids is 2. The standard InChI is InChI=1S/C17H30N4O7S/c1-9(2)14(17(27)28)21-12(22)8-19-16(26)11(4-5-13(23)24)20-15(25)10(18)6-7-29-3/h9-11,14H,4-8,18H2,1-3H3,(H,19,26)(H,20,25)(H,21,22)(H,23,24)(H,27,28). The van der Waals surface area contributed by atoms with Crippen LogP contribution in [0.4, 0.5) is 0 Å². The number of hydrogen-bond donors (Lipinski definition) is 6. The van der Waals surface area contributed by atoms with Crippen molar-refractivity contribution in [3.63, 3.8) is 0 Å². The van der Waals surface area contributed by atoms with Gasteiger partial charge in [-0.05, 0) is 30.8 Å². The van der Waals surface area contributed by atoms with Gasteiger partial charge in [-0.15, -0.1) is 0 Å². The molecule has 0 saturated heterocycles. The summed E-state index contributed by atoms with van der Waals surface area (Å²) in [5.74, 6) is -4.16. The largest absolute Gasteiger partial charge is 0.481 e. The summed E-state index contributed by atoms with van der Waals surface area (Å²) in [6, 6.07) is -3.16. The van der Waals surface area contributed by atoms with Crippen LogP contribution in [0, 0.1) is 5.92 Å². The molecule has 11 nitrogen and oxygen atoms in total. The Bertz CT molecular complexity index is 600. The van der Waals surface area contributed by atoms with E-state index in [4.69, 9.17) is 15.9 Å². The molecule has 0 spiro atoms. The van der Waals surface area contributed by atoms with E-state index >= 15 is 0 Å². The van der Waals surface area contributed by atoms with Gasteiger partial charge in [-0.3, -0.25) is 19.2 Å². The Morgan fingerprint density at radius 1 is 1.00 bits per heavy atom. The van der Waals surface area contributed by atoms with E-state index in [1.807, 2.05) is 6.26 Å². The third-order valence-corrected chi connectivity index (χ3v) is 4.57. The molecular weight excluding hydrogens is 404 g/mol. The van der Waals surface area contributed by atoms with Crippen LogP contribution in [-0.4, -0.2) is 76.6 Å². The summed E-state index contributed by atoms with van der Waals surface area (Å²) in [5.41, 5.74) is 5.75. The first kappa shape index (κ1) is 26.7. The number of nitrogens with one attached hydrogen (secondary N) is 3. The maximum Gasteiger partial charge on any atom is 0.326 e. The highest BCUT2D eigenvalue weighted by atomic mass is 32.2. The van der Waals surface area contributed by atoms with Crippen LogP contribution in [0.15, 0.2) is 0 Å². The van der Waals surface area contributed by atoms with E-state index in [1.165, 1.54) is 11.8 Å². The van der Waals surface area contributed by atoms with Crippen LogP contribution in [0.3, 0.4) is 0 Å². The maximum atomic E-state index is 12.3. The second-order valence-electron chi connectivity index (χ2n) is 6.73. The molecule has 0 bridgehead atoms. The van der Waals surface area contributed by atoms with Gasteiger partial charge in [0.15, 0.2) is 0 Å². The fourth-order valence-corrected chi connectivity index (χ4v) is 2.71. The van der Waals surface area contributed by atoms with Gasteiger partial charge in [0.2, 0.25) is 17.7 Å². The predicted octanol–water partition coefficient (Wildman–Crippen LogP) is -1.24. The molecule has 0 aromatic heterocycles. The van der Waals surface area contributed by atoms with Crippen LogP contribution in [0.5, 0.6) is 0 Å². The molecule has 3 amide bonds. The van der Waals surface area contributed by atoms with Gasteiger partial charge in [0.05, 0.1) is 12.6 Å². The second kappa shape index (κ2) is 13.8. The summed E-state index contributed by atoms with van der Waals surface area (Å²) >= 11 is 1.50. The fraction of sp³-hybridized carbons (Fsp3) is 0.706. The van der Waals surface area contributed by atoms with E-state index < -0.39 is 54.3 Å². The third-order valence-electron chi connectivity index (χ3n) is 3.92. The number of nitrogens with two attached hydrogens (primary N) is 1. The molecule has 166 valence electrons. The van der Waals surface area contributed by atoms with Crippen molar-refractivity contribution < 1.29 is 34.2 Å². The molecule has 29 heavy (non-hydrogen) atoms. The first-order valence-corrected chi connectivity index (χ1v) is 10.5. The molecule has 7 N–H and O–H groups in total. The molecule has 12 heteroatoms. The van der Waals surface area contributed by atoms with Gasteiger partial charge in [0.1, 0.15) is 12.1 Å². The molecular formula is C17H30N4O7S. The Kier molecular flexibility index (Phi) is 12.7. The van der Waals surface area contributed by atoms with E-state index in [9.17, 15) is 24.0 Å². The van der Waals surface area contributed by atoms with E-state index in [0.717, 1.165) is 0 Å². The van der Waals surface area contributed by atoms with E-state index in [-0.39, 0.29) is 18.8 Å². The minimum atomic E-state index is -1.20. The number of hydrogen-bond acceptors (Lipinski definition) is 7. The molecule has 0 heterocycles. The fourth-order valence-electron chi connectivity index (χ4n) is 2.22. The highest BCUT2D eigenvalue weighted by Crippen LogP contribution is 2.03. The molecule has 0 rings (SSSR count). The molecule has 0 radical (unpaired) electrons. The number of amides is 3. The highest BCUT2D eigenvalue weighted by molar-refractivity contribution is 7.98. The normalized spacial score (nSPS) is 13.8. The zero-order valence-electron chi connectivity index (χ0n) is 16.8. The topological polar surface area (TPSA) is 188 Å². The van der Waals surface area contributed by atoms with Crippen molar-refractivity contribution in [2.45, 2.75) is 51.2 Å². The lowest BCUT2D eigenvalue weighted by molar-refractivity contribution is -0.143. The third kappa shape index (κ3) is 11.3. The number of thioether (sulfide) groups is 1. The molecule has 0 fully saturated rings. The van der Waals surface area contributed by atoms with Crippen molar-refractivity contribution in [3.8, 4) is 0 Å².